The van der Waals surface area contributed by atoms with Crippen molar-refractivity contribution in [1.29, 1.82) is 0 Å². The summed E-state index contributed by atoms with van der Waals surface area (Å²) in [6, 6.07) is 3.19. The van der Waals surface area contributed by atoms with Crippen LogP contribution in [0.4, 0.5) is 0 Å². The van der Waals surface area contributed by atoms with Crippen molar-refractivity contribution in [2.24, 2.45) is 0 Å². The third-order valence-corrected chi connectivity index (χ3v) is 5.65. The Labute approximate surface area is 164 Å². The van der Waals surface area contributed by atoms with Crippen molar-refractivity contribution < 1.29 is 4.74 Å². The summed E-state index contributed by atoms with van der Waals surface area (Å²) in [6.45, 7) is 7.32. The van der Waals surface area contributed by atoms with Gasteiger partial charge in [0.2, 0.25) is 0 Å². The lowest BCUT2D eigenvalue weighted by molar-refractivity contribution is 0.483. The lowest BCUT2D eigenvalue weighted by atomic mass is 10.2. The number of halogens is 6. The second-order valence-electron chi connectivity index (χ2n) is 4.32. The van der Waals surface area contributed by atoms with Crippen LogP contribution in [-0.4, -0.2) is 0 Å². The lowest BCUT2D eigenvalue weighted by Crippen LogP contribution is -1.92. The van der Waals surface area contributed by atoms with Crippen LogP contribution in [0.25, 0.3) is 12.2 Å². The average molecular weight is 429 g/mol. The summed E-state index contributed by atoms with van der Waals surface area (Å²) in [4.78, 5) is 0. The molecule has 23 heavy (non-hydrogen) atoms. The quantitative estimate of drug-likeness (QED) is 0.442. The zero-order chi connectivity index (χ0) is 17.3. The average Bonchev–Trinajstić information content (AvgIpc) is 2.55. The Hall–Kier alpha value is -0.540. The molecule has 0 heterocycles. The van der Waals surface area contributed by atoms with Crippen molar-refractivity contribution >= 4 is 81.8 Å². The molecule has 0 amide bonds. The smallest absolute Gasteiger partial charge is 0.148 e. The maximum Gasteiger partial charge on any atom is 0.148 e. The fourth-order valence-electron chi connectivity index (χ4n) is 1.76. The van der Waals surface area contributed by atoms with E-state index in [0.717, 1.165) is 0 Å². The van der Waals surface area contributed by atoms with E-state index in [9.17, 15) is 0 Å². The van der Waals surface area contributed by atoms with Crippen molar-refractivity contribution in [3.63, 3.8) is 0 Å². The molecule has 0 bridgehead atoms. The summed E-state index contributed by atoms with van der Waals surface area (Å²) in [5, 5.41) is 1.16. The van der Waals surface area contributed by atoms with Gasteiger partial charge < -0.3 is 4.74 Å². The Morgan fingerprint density at radius 2 is 0.957 bits per heavy atom. The molecule has 7 heteroatoms. The third-order valence-electron chi connectivity index (χ3n) is 2.94. The Morgan fingerprint density at radius 1 is 0.609 bits per heavy atom. The van der Waals surface area contributed by atoms with Crippen LogP contribution in [-0.2, 0) is 0 Å². The van der Waals surface area contributed by atoms with Crippen molar-refractivity contribution in [1.82, 2.24) is 0 Å². The molecular weight excluding hydrogens is 421 g/mol. The SMILES string of the molecule is C=Cc1cc(Oc2cc(C=C)c(Cl)c(Cl)c2Cl)c(Cl)c(Cl)c1Cl. The number of ether oxygens (including phenoxy) is 1. The highest BCUT2D eigenvalue weighted by Gasteiger charge is 2.18. The number of rotatable bonds is 4. The van der Waals surface area contributed by atoms with Crippen LogP contribution in [0.5, 0.6) is 11.5 Å². The van der Waals surface area contributed by atoms with E-state index in [2.05, 4.69) is 13.2 Å². The minimum Gasteiger partial charge on any atom is -0.454 e. The summed E-state index contributed by atoms with van der Waals surface area (Å²) < 4.78 is 5.75. The number of benzene rings is 2. The second kappa shape index (κ2) is 7.57. The minimum absolute atomic E-state index is 0.143. The fraction of sp³-hybridized carbons (Fsp3) is 0. The Morgan fingerprint density at radius 3 is 1.26 bits per heavy atom. The van der Waals surface area contributed by atoms with Crippen LogP contribution in [0.2, 0.25) is 30.1 Å². The summed E-state index contributed by atoms with van der Waals surface area (Å²) in [5.41, 5.74) is 1.13. The molecule has 0 fully saturated rings. The molecule has 0 unspecified atom stereocenters. The zero-order valence-electron chi connectivity index (χ0n) is 11.4. The summed E-state index contributed by atoms with van der Waals surface area (Å²) in [5.74, 6) is 0.512. The van der Waals surface area contributed by atoms with Crippen LogP contribution >= 0.6 is 69.6 Å². The molecule has 0 aliphatic heterocycles. The van der Waals surface area contributed by atoms with Gasteiger partial charge in [-0.2, -0.15) is 0 Å². The molecule has 0 aliphatic carbocycles. The topological polar surface area (TPSA) is 9.23 Å². The molecule has 120 valence electrons. The van der Waals surface area contributed by atoms with E-state index in [1.807, 2.05) is 0 Å². The van der Waals surface area contributed by atoms with Crippen molar-refractivity contribution in [3.8, 4) is 11.5 Å². The molecule has 2 rings (SSSR count). The van der Waals surface area contributed by atoms with E-state index in [0.29, 0.717) is 11.1 Å². The fourth-order valence-corrected chi connectivity index (χ4v) is 3.09. The van der Waals surface area contributed by atoms with Gasteiger partial charge in [0, 0.05) is 0 Å². The first-order valence-electron chi connectivity index (χ1n) is 6.09. The summed E-state index contributed by atoms with van der Waals surface area (Å²) in [7, 11) is 0. The monoisotopic (exact) mass is 426 g/mol. The van der Waals surface area contributed by atoms with Gasteiger partial charge in [0.25, 0.3) is 0 Å². The molecule has 0 aromatic heterocycles. The maximum atomic E-state index is 6.18. The summed E-state index contributed by atoms with van der Waals surface area (Å²) >= 11 is 36.7. The van der Waals surface area contributed by atoms with E-state index in [-0.39, 0.29) is 41.6 Å². The van der Waals surface area contributed by atoms with Crippen LogP contribution in [0.1, 0.15) is 11.1 Å². The Bertz CT molecular complexity index is 746. The van der Waals surface area contributed by atoms with Crippen LogP contribution < -0.4 is 4.74 Å². The Kier molecular flexibility index (Phi) is 6.18. The third kappa shape index (κ3) is 3.61. The van der Waals surface area contributed by atoms with E-state index < -0.39 is 0 Å². The Balaban J connectivity index is 2.60. The standard InChI is InChI=1S/C16H8Cl6O/c1-3-7-5-9(13(19)15(21)11(7)17)23-10-6-8(4-2)12(18)16(22)14(10)20/h3-6H,1-2H2. The minimum atomic E-state index is 0.143. The molecule has 0 atom stereocenters. The normalized spacial score (nSPS) is 10.5. The largest absolute Gasteiger partial charge is 0.454 e. The predicted molar refractivity (Wildman–Crippen MR) is 103 cm³/mol. The molecule has 0 aliphatic rings. The van der Waals surface area contributed by atoms with Crippen molar-refractivity contribution in [2.45, 2.75) is 0 Å². The van der Waals surface area contributed by atoms with Gasteiger partial charge in [0.1, 0.15) is 21.5 Å². The van der Waals surface area contributed by atoms with E-state index in [1.54, 1.807) is 12.1 Å². The van der Waals surface area contributed by atoms with Crippen molar-refractivity contribution in [2.75, 3.05) is 0 Å². The maximum absolute atomic E-state index is 6.18. The summed E-state index contributed by atoms with van der Waals surface area (Å²) in [6.07, 6.45) is 3.06. The zero-order valence-corrected chi connectivity index (χ0v) is 15.9. The van der Waals surface area contributed by atoms with Gasteiger partial charge in [-0.15, -0.1) is 0 Å². The van der Waals surface area contributed by atoms with Crippen LogP contribution in [0.3, 0.4) is 0 Å². The van der Waals surface area contributed by atoms with Gasteiger partial charge in [-0.05, 0) is 23.3 Å². The molecule has 1 nitrogen and oxygen atoms in total. The van der Waals surface area contributed by atoms with Gasteiger partial charge in [-0.1, -0.05) is 94.9 Å². The van der Waals surface area contributed by atoms with Crippen LogP contribution in [0, 0.1) is 0 Å². The number of hydrogen-bond donors (Lipinski definition) is 0. The van der Waals surface area contributed by atoms with E-state index in [4.69, 9.17) is 74.3 Å². The highest BCUT2D eigenvalue weighted by molar-refractivity contribution is 6.50. The van der Waals surface area contributed by atoms with Gasteiger partial charge in [-0.25, -0.2) is 0 Å². The van der Waals surface area contributed by atoms with Gasteiger partial charge in [0.15, 0.2) is 0 Å². The van der Waals surface area contributed by atoms with Gasteiger partial charge >= 0.3 is 0 Å². The first kappa shape index (κ1) is 18.8. The molecule has 0 saturated carbocycles. The number of hydrogen-bond acceptors (Lipinski definition) is 1. The predicted octanol–water partition coefficient (Wildman–Crippen LogP) is 8.69. The van der Waals surface area contributed by atoms with Crippen molar-refractivity contribution in [3.05, 3.63) is 66.6 Å². The first-order valence-corrected chi connectivity index (χ1v) is 8.36. The molecule has 0 spiro atoms. The van der Waals surface area contributed by atoms with Gasteiger partial charge in [0.05, 0.1) is 20.1 Å². The molecule has 0 N–H and O–H groups in total. The first-order chi connectivity index (χ1) is 10.8. The van der Waals surface area contributed by atoms with E-state index >= 15 is 0 Å². The molecular formula is C16H8Cl6O. The molecule has 2 aromatic rings. The second-order valence-corrected chi connectivity index (χ2v) is 6.59. The molecule has 0 radical (unpaired) electrons. The highest BCUT2D eigenvalue weighted by atomic mass is 35.5. The van der Waals surface area contributed by atoms with E-state index in [1.165, 1.54) is 12.2 Å². The molecule has 0 saturated heterocycles. The van der Waals surface area contributed by atoms with Gasteiger partial charge in [-0.3, -0.25) is 0 Å². The lowest BCUT2D eigenvalue weighted by Gasteiger charge is -2.15. The highest BCUT2D eigenvalue weighted by Crippen LogP contribution is 2.46. The molecule has 2 aromatic carbocycles. The van der Waals surface area contributed by atoms with Crippen LogP contribution in [0.15, 0.2) is 25.3 Å².